The molecular formula is C20H18FN3O4S. The fourth-order valence-electron chi connectivity index (χ4n) is 2.32. The van der Waals surface area contributed by atoms with Crippen molar-refractivity contribution in [2.75, 3.05) is 7.11 Å². The van der Waals surface area contributed by atoms with Crippen molar-refractivity contribution >= 4 is 23.2 Å². The van der Waals surface area contributed by atoms with Gasteiger partial charge in [-0.3, -0.25) is 20.4 Å². The van der Waals surface area contributed by atoms with Crippen LogP contribution in [0.4, 0.5) is 4.39 Å². The van der Waals surface area contributed by atoms with Crippen LogP contribution in [0.3, 0.4) is 0 Å². The van der Waals surface area contributed by atoms with Crippen LogP contribution in [0.25, 0.3) is 0 Å². The minimum absolute atomic E-state index is 0.109. The van der Waals surface area contributed by atoms with Gasteiger partial charge in [0.15, 0.2) is 0 Å². The topological polar surface area (TPSA) is 89.6 Å². The van der Waals surface area contributed by atoms with Crippen LogP contribution in [0.2, 0.25) is 0 Å². The van der Waals surface area contributed by atoms with Crippen LogP contribution in [0, 0.1) is 5.82 Å². The maximum atomic E-state index is 12.9. The highest BCUT2D eigenvalue weighted by molar-refractivity contribution is 7.09. The van der Waals surface area contributed by atoms with E-state index in [-0.39, 0.29) is 30.4 Å². The van der Waals surface area contributed by atoms with Gasteiger partial charge < -0.3 is 9.47 Å². The lowest BCUT2D eigenvalue weighted by Gasteiger charge is -2.07. The second-order valence-electron chi connectivity index (χ2n) is 5.90. The molecule has 0 saturated carbocycles. The Bertz CT molecular complexity index is 974. The van der Waals surface area contributed by atoms with E-state index in [4.69, 9.17) is 9.47 Å². The number of nitrogens with one attached hydrogen (secondary N) is 2. The molecule has 0 radical (unpaired) electrons. The van der Waals surface area contributed by atoms with Crippen LogP contribution < -0.4 is 20.3 Å². The van der Waals surface area contributed by atoms with Crippen LogP contribution in [0.1, 0.15) is 21.1 Å². The molecular weight excluding hydrogens is 397 g/mol. The van der Waals surface area contributed by atoms with Gasteiger partial charge in [-0.25, -0.2) is 9.37 Å². The van der Waals surface area contributed by atoms with Crippen molar-refractivity contribution in [3.8, 4) is 11.5 Å². The SMILES string of the molecule is COc1ccc(CC(=O)NNC(=O)c2csc(COc3ccc(F)cc3)n2)cc1. The summed E-state index contributed by atoms with van der Waals surface area (Å²) in [7, 11) is 1.57. The van der Waals surface area contributed by atoms with E-state index < -0.39 is 5.91 Å². The lowest BCUT2D eigenvalue weighted by molar-refractivity contribution is -0.121. The zero-order chi connectivity index (χ0) is 20.6. The van der Waals surface area contributed by atoms with Crippen molar-refractivity contribution < 1.29 is 23.5 Å². The molecule has 1 heterocycles. The molecule has 0 atom stereocenters. The number of carbonyl (C=O) groups is 2. The lowest BCUT2D eigenvalue weighted by Crippen LogP contribution is -2.42. The van der Waals surface area contributed by atoms with E-state index in [2.05, 4.69) is 15.8 Å². The Morgan fingerprint density at radius 3 is 2.41 bits per heavy atom. The molecule has 2 N–H and O–H groups in total. The van der Waals surface area contributed by atoms with Gasteiger partial charge in [-0.2, -0.15) is 0 Å². The Kier molecular flexibility index (Phi) is 6.75. The second kappa shape index (κ2) is 9.65. The van der Waals surface area contributed by atoms with E-state index in [0.29, 0.717) is 16.5 Å². The Labute approximate surface area is 170 Å². The first kappa shape index (κ1) is 20.3. The number of aromatic nitrogens is 1. The molecule has 7 nitrogen and oxygen atoms in total. The molecule has 2 amide bonds. The third-order valence-corrected chi connectivity index (χ3v) is 4.62. The minimum atomic E-state index is -0.530. The highest BCUT2D eigenvalue weighted by Gasteiger charge is 2.12. The monoisotopic (exact) mass is 415 g/mol. The molecule has 1 aromatic heterocycles. The summed E-state index contributed by atoms with van der Waals surface area (Å²) < 4.78 is 23.4. The third kappa shape index (κ3) is 6.01. The summed E-state index contributed by atoms with van der Waals surface area (Å²) in [6.07, 6.45) is 0.109. The number of hydrogen-bond donors (Lipinski definition) is 2. The van der Waals surface area contributed by atoms with Gasteiger partial charge in [-0.15, -0.1) is 11.3 Å². The highest BCUT2D eigenvalue weighted by atomic mass is 32.1. The average molecular weight is 415 g/mol. The van der Waals surface area contributed by atoms with Crippen molar-refractivity contribution in [2.45, 2.75) is 13.0 Å². The molecule has 0 aliphatic rings. The number of hydrazine groups is 1. The predicted octanol–water partition coefficient (Wildman–Crippen LogP) is 2.87. The first-order valence-corrected chi connectivity index (χ1v) is 9.46. The van der Waals surface area contributed by atoms with Crippen LogP contribution in [-0.4, -0.2) is 23.9 Å². The molecule has 150 valence electrons. The van der Waals surface area contributed by atoms with Gasteiger partial charge >= 0.3 is 0 Å². The van der Waals surface area contributed by atoms with E-state index in [0.717, 1.165) is 5.56 Å². The summed E-state index contributed by atoms with van der Waals surface area (Å²) in [5.74, 6) is -0.0424. The van der Waals surface area contributed by atoms with Crippen molar-refractivity contribution in [3.63, 3.8) is 0 Å². The maximum absolute atomic E-state index is 12.9. The number of carbonyl (C=O) groups excluding carboxylic acids is 2. The van der Waals surface area contributed by atoms with Gasteiger partial charge in [0, 0.05) is 5.38 Å². The molecule has 0 saturated heterocycles. The molecule has 0 bridgehead atoms. The lowest BCUT2D eigenvalue weighted by atomic mass is 10.1. The van der Waals surface area contributed by atoms with Gasteiger partial charge in [0.2, 0.25) is 5.91 Å². The number of thiazole rings is 1. The number of nitrogens with zero attached hydrogens (tertiary/aromatic N) is 1. The zero-order valence-corrected chi connectivity index (χ0v) is 16.3. The first-order chi connectivity index (χ1) is 14.0. The van der Waals surface area contributed by atoms with Gasteiger partial charge in [0.05, 0.1) is 13.5 Å². The van der Waals surface area contributed by atoms with Crippen molar-refractivity contribution in [1.82, 2.24) is 15.8 Å². The van der Waals surface area contributed by atoms with E-state index >= 15 is 0 Å². The van der Waals surface area contributed by atoms with Gasteiger partial charge in [-0.05, 0) is 42.0 Å². The number of rotatable bonds is 7. The molecule has 0 unspecified atom stereocenters. The Morgan fingerprint density at radius 1 is 1.03 bits per heavy atom. The molecule has 3 rings (SSSR count). The molecule has 2 aromatic carbocycles. The van der Waals surface area contributed by atoms with Crippen LogP contribution in [0.15, 0.2) is 53.9 Å². The first-order valence-electron chi connectivity index (χ1n) is 8.58. The number of benzene rings is 2. The maximum Gasteiger partial charge on any atom is 0.289 e. The molecule has 0 spiro atoms. The summed E-state index contributed by atoms with van der Waals surface area (Å²) in [6, 6.07) is 12.7. The number of methoxy groups -OCH3 is 1. The number of halogens is 1. The van der Waals surface area contributed by atoms with Crippen LogP contribution in [0.5, 0.6) is 11.5 Å². The van der Waals surface area contributed by atoms with Crippen molar-refractivity contribution in [2.24, 2.45) is 0 Å². The normalized spacial score (nSPS) is 10.3. The molecule has 0 fully saturated rings. The number of hydrogen-bond acceptors (Lipinski definition) is 6. The quantitative estimate of drug-likeness (QED) is 0.579. The standard InChI is InChI=1S/C20H18FN3O4S/c1-27-15-6-2-13(3-7-15)10-18(25)23-24-20(26)17-12-29-19(22-17)11-28-16-8-4-14(21)5-9-16/h2-9,12H,10-11H2,1H3,(H,23,25)(H,24,26). The van der Waals surface area contributed by atoms with Gasteiger partial charge in [-0.1, -0.05) is 12.1 Å². The fraction of sp³-hybridized carbons (Fsp3) is 0.150. The Balaban J connectivity index is 1.45. The minimum Gasteiger partial charge on any atom is -0.497 e. The third-order valence-electron chi connectivity index (χ3n) is 3.80. The van der Waals surface area contributed by atoms with E-state index in [1.807, 2.05) is 0 Å². The smallest absolute Gasteiger partial charge is 0.289 e. The van der Waals surface area contributed by atoms with Crippen LogP contribution >= 0.6 is 11.3 Å². The number of ether oxygens (including phenoxy) is 2. The summed E-state index contributed by atoms with van der Waals surface area (Å²) >= 11 is 1.25. The van der Waals surface area contributed by atoms with E-state index in [9.17, 15) is 14.0 Å². The molecule has 0 aliphatic heterocycles. The fourth-order valence-corrected chi connectivity index (χ4v) is 3.01. The average Bonchev–Trinajstić information content (AvgIpc) is 3.21. The second-order valence-corrected chi connectivity index (χ2v) is 6.84. The predicted molar refractivity (Wildman–Crippen MR) is 105 cm³/mol. The Hall–Kier alpha value is -3.46. The zero-order valence-electron chi connectivity index (χ0n) is 15.5. The van der Waals surface area contributed by atoms with Gasteiger partial charge in [0.25, 0.3) is 5.91 Å². The van der Waals surface area contributed by atoms with Gasteiger partial charge in [0.1, 0.15) is 34.6 Å². The number of amides is 2. The van der Waals surface area contributed by atoms with Crippen LogP contribution in [-0.2, 0) is 17.8 Å². The van der Waals surface area contributed by atoms with E-state index in [1.165, 1.54) is 35.6 Å². The highest BCUT2D eigenvalue weighted by Crippen LogP contribution is 2.16. The van der Waals surface area contributed by atoms with E-state index in [1.54, 1.807) is 36.8 Å². The Morgan fingerprint density at radius 2 is 1.72 bits per heavy atom. The summed E-state index contributed by atoms with van der Waals surface area (Å²) in [4.78, 5) is 28.3. The molecule has 29 heavy (non-hydrogen) atoms. The van der Waals surface area contributed by atoms with Crippen molar-refractivity contribution in [3.05, 3.63) is 76.0 Å². The molecule has 9 heteroatoms. The molecule has 3 aromatic rings. The summed E-state index contributed by atoms with van der Waals surface area (Å²) in [5.41, 5.74) is 5.64. The summed E-state index contributed by atoms with van der Waals surface area (Å²) in [5, 5.41) is 2.14. The van der Waals surface area contributed by atoms with Crippen molar-refractivity contribution in [1.29, 1.82) is 0 Å². The largest absolute Gasteiger partial charge is 0.497 e. The molecule has 0 aliphatic carbocycles. The summed E-state index contributed by atoms with van der Waals surface area (Å²) in [6.45, 7) is 0.146.